The van der Waals surface area contributed by atoms with E-state index in [4.69, 9.17) is 0 Å². The molecule has 1 aliphatic rings. The zero-order chi connectivity index (χ0) is 17.9. The van der Waals surface area contributed by atoms with Crippen molar-refractivity contribution in [3.05, 3.63) is 57.8 Å². The zero-order valence-corrected chi connectivity index (χ0v) is 16.1. The van der Waals surface area contributed by atoms with Crippen LogP contribution in [0.1, 0.15) is 42.8 Å². The number of hydrogen-bond donors (Lipinski definition) is 3. The lowest BCUT2D eigenvalue weighted by atomic mass is 9.98. The van der Waals surface area contributed by atoms with Gasteiger partial charge in [-0.1, -0.05) is 30.3 Å². The van der Waals surface area contributed by atoms with Crippen molar-refractivity contribution in [2.75, 3.05) is 13.1 Å². The third-order valence-corrected chi connectivity index (χ3v) is 5.57. The summed E-state index contributed by atoms with van der Waals surface area (Å²) in [7, 11) is 0. The van der Waals surface area contributed by atoms with Crippen LogP contribution in [-0.2, 0) is 13.0 Å². The Balaban J connectivity index is 1.70. The molecule has 25 heavy (non-hydrogen) atoms. The number of rotatable bonds is 4. The van der Waals surface area contributed by atoms with Gasteiger partial charge < -0.3 is 15.5 Å². The molecule has 4 nitrogen and oxygen atoms in total. The molecule has 1 aromatic heterocycles. The van der Waals surface area contributed by atoms with Crippen molar-refractivity contribution < 1.29 is 9.69 Å². The highest BCUT2D eigenvalue weighted by molar-refractivity contribution is 7.10. The molecule has 3 N–H and O–H groups in total. The molecule has 0 saturated carbocycles. The van der Waals surface area contributed by atoms with Gasteiger partial charge in [0.25, 0.3) is 0 Å². The first kappa shape index (κ1) is 18.0. The van der Waals surface area contributed by atoms with E-state index in [2.05, 4.69) is 52.4 Å². The Labute approximate surface area is 154 Å². The van der Waals surface area contributed by atoms with Gasteiger partial charge in [-0.15, -0.1) is 11.3 Å². The second kappa shape index (κ2) is 7.58. The summed E-state index contributed by atoms with van der Waals surface area (Å²) < 4.78 is 0. The Morgan fingerprint density at radius 1 is 1.20 bits per heavy atom. The molecule has 1 aromatic carbocycles. The number of benzene rings is 1. The van der Waals surface area contributed by atoms with E-state index in [1.54, 1.807) is 11.3 Å². The maximum atomic E-state index is 12.2. The molecule has 0 aliphatic carbocycles. The van der Waals surface area contributed by atoms with Crippen LogP contribution in [0.15, 0.2) is 41.8 Å². The molecule has 3 rings (SSSR count). The molecular formula is C20H28N3OS+. The summed E-state index contributed by atoms with van der Waals surface area (Å²) in [6, 6.07) is 13.2. The number of fused-ring (bicyclic) bond motifs is 1. The second-order valence-electron chi connectivity index (χ2n) is 7.76. The first-order valence-corrected chi connectivity index (χ1v) is 9.81. The molecule has 0 saturated heterocycles. The van der Waals surface area contributed by atoms with Gasteiger partial charge in [0.1, 0.15) is 12.6 Å². The van der Waals surface area contributed by atoms with E-state index in [1.807, 2.05) is 20.8 Å². The van der Waals surface area contributed by atoms with E-state index < -0.39 is 0 Å². The number of urea groups is 1. The molecule has 0 spiro atoms. The number of hydrogen-bond acceptors (Lipinski definition) is 2. The van der Waals surface area contributed by atoms with Crippen molar-refractivity contribution in [3.63, 3.8) is 0 Å². The quantitative estimate of drug-likeness (QED) is 0.773. The number of carbonyl (C=O) groups excluding carboxylic acids is 1. The van der Waals surface area contributed by atoms with Crippen LogP contribution < -0.4 is 15.5 Å². The summed E-state index contributed by atoms with van der Waals surface area (Å²) in [5.41, 5.74) is 2.68. The molecule has 1 unspecified atom stereocenters. The van der Waals surface area contributed by atoms with Crippen LogP contribution in [0.4, 0.5) is 4.79 Å². The Morgan fingerprint density at radius 3 is 2.64 bits per heavy atom. The van der Waals surface area contributed by atoms with Crippen LogP contribution in [0.5, 0.6) is 0 Å². The maximum Gasteiger partial charge on any atom is 0.315 e. The highest BCUT2D eigenvalue weighted by Gasteiger charge is 2.29. The first-order chi connectivity index (χ1) is 11.9. The summed E-state index contributed by atoms with van der Waals surface area (Å²) in [4.78, 5) is 15.0. The van der Waals surface area contributed by atoms with Gasteiger partial charge in [0.15, 0.2) is 0 Å². The fourth-order valence-corrected chi connectivity index (χ4v) is 4.30. The Morgan fingerprint density at radius 2 is 1.96 bits per heavy atom. The van der Waals surface area contributed by atoms with Crippen molar-refractivity contribution in [3.8, 4) is 0 Å². The van der Waals surface area contributed by atoms with Gasteiger partial charge in [0, 0.05) is 17.5 Å². The Kier molecular flexibility index (Phi) is 5.45. The van der Waals surface area contributed by atoms with E-state index in [9.17, 15) is 4.79 Å². The molecule has 134 valence electrons. The van der Waals surface area contributed by atoms with E-state index >= 15 is 0 Å². The molecule has 2 atom stereocenters. The number of carbonyl (C=O) groups is 1. The van der Waals surface area contributed by atoms with Crippen LogP contribution in [-0.4, -0.2) is 24.7 Å². The fourth-order valence-electron chi connectivity index (χ4n) is 3.41. The maximum absolute atomic E-state index is 12.2. The lowest BCUT2D eigenvalue weighted by Gasteiger charge is -2.32. The zero-order valence-electron chi connectivity index (χ0n) is 15.3. The summed E-state index contributed by atoms with van der Waals surface area (Å²) in [5, 5.41) is 8.19. The van der Waals surface area contributed by atoms with Crippen molar-refractivity contribution in [2.45, 2.75) is 45.3 Å². The highest BCUT2D eigenvalue weighted by Crippen LogP contribution is 2.19. The third-order valence-electron chi connectivity index (χ3n) is 4.59. The molecular weight excluding hydrogens is 330 g/mol. The monoisotopic (exact) mass is 358 g/mol. The Bertz CT molecular complexity index is 706. The second-order valence-corrected chi connectivity index (χ2v) is 8.74. The van der Waals surface area contributed by atoms with Gasteiger partial charge in [0.05, 0.1) is 18.0 Å². The van der Waals surface area contributed by atoms with Crippen molar-refractivity contribution >= 4 is 17.4 Å². The lowest BCUT2D eigenvalue weighted by molar-refractivity contribution is -0.945. The SMILES string of the molecule is CC(C)(C)NC(=O)NC[C@H](c1cccs1)[NH+]1CCc2ccccc2C1. The number of amides is 2. The summed E-state index contributed by atoms with van der Waals surface area (Å²) in [6.07, 6.45) is 1.10. The first-order valence-electron chi connectivity index (χ1n) is 8.93. The van der Waals surface area contributed by atoms with Gasteiger partial charge in [-0.3, -0.25) is 0 Å². The molecule has 5 heteroatoms. The molecule has 2 aromatic rings. The van der Waals surface area contributed by atoms with Gasteiger partial charge in [-0.05, 0) is 37.8 Å². The van der Waals surface area contributed by atoms with E-state index in [-0.39, 0.29) is 11.6 Å². The number of thiophene rings is 1. The van der Waals surface area contributed by atoms with Crippen LogP contribution in [0.3, 0.4) is 0 Å². The topological polar surface area (TPSA) is 45.6 Å². The standard InChI is InChI=1S/C20H27N3OS/c1-20(2,3)22-19(24)21-13-17(18-9-6-12-25-18)23-11-10-15-7-4-5-8-16(15)14-23/h4-9,12,17H,10-11,13-14H2,1-3H3,(H2,21,22,24)/p+1/t17-/m1/s1. The van der Waals surface area contributed by atoms with Crippen LogP contribution in [0.2, 0.25) is 0 Å². The molecule has 1 aliphatic heterocycles. The molecule has 2 amide bonds. The van der Waals surface area contributed by atoms with E-state index in [0.717, 1.165) is 19.5 Å². The van der Waals surface area contributed by atoms with Crippen molar-refractivity contribution in [2.24, 2.45) is 0 Å². The van der Waals surface area contributed by atoms with Crippen LogP contribution in [0.25, 0.3) is 0 Å². The summed E-state index contributed by atoms with van der Waals surface area (Å²) in [6.45, 7) is 8.76. The van der Waals surface area contributed by atoms with E-state index in [1.165, 1.54) is 20.9 Å². The Hall–Kier alpha value is -1.85. The lowest BCUT2D eigenvalue weighted by Crippen LogP contribution is -3.12. The molecule has 0 fully saturated rings. The molecule has 2 heterocycles. The van der Waals surface area contributed by atoms with Crippen molar-refractivity contribution in [1.82, 2.24) is 10.6 Å². The molecule has 0 bridgehead atoms. The third kappa shape index (κ3) is 4.83. The minimum absolute atomic E-state index is 0.0918. The average molecular weight is 359 g/mol. The minimum atomic E-state index is -0.223. The number of nitrogens with one attached hydrogen (secondary N) is 3. The summed E-state index contributed by atoms with van der Waals surface area (Å²) >= 11 is 1.78. The van der Waals surface area contributed by atoms with E-state index in [0.29, 0.717) is 12.6 Å². The van der Waals surface area contributed by atoms with Crippen LogP contribution >= 0.6 is 11.3 Å². The fraction of sp³-hybridized carbons (Fsp3) is 0.450. The summed E-state index contributed by atoms with van der Waals surface area (Å²) in [5.74, 6) is 0. The normalized spacial score (nSPS) is 18.3. The van der Waals surface area contributed by atoms with Gasteiger partial charge in [-0.2, -0.15) is 0 Å². The van der Waals surface area contributed by atoms with Crippen molar-refractivity contribution in [1.29, 1.82) is 0 Å². The molecule has 0 radical (unpaired) electrons. The predicted molar refractivity (Wildman–Crippen MR) is 103 cm³/mol. The largest absolute Gasteiger partial charge is 0.334 e. The number of quaternary nitrogens is 1. The average Bonchev–Trinajstić information content (AvgIpc) is 3.07. The minimum Gasteiger partial charge on any atom is -0.334 e. The van der Waals surface area contributed by atoms with Crippen LogP contribution in [0, 0.1) is 0 Å². The smallest absolute Gasteiger partial charge is 0.315 e. The highest BCUT2D eigenvalue weighted by atomic mass is 32.1. The predicted octanol–water partition coefficient (Wildman–Crippen LogP) is 2.53. The van der Waals surface area contributed by atoms with Gasteiger partial charge in [0.2, 0.25) is 0 Å². The van der Waals surface area contributed by atoms with Gasteiger partial charge >= 0.3 is 6.03 Å². The van der Waals surface area contributed by atoms with Gasteiger partial charge in [-0.25, -0.2) is 4.79 Å².